The van der Waals surface area contributed by atoms with E-state index < -0.39 is 47.0 Å². The van der Waals surface area contributed by atoms with Gasteiger partial charge in [-0.2, -0.15) is 0 Å². The average molecular weight is 665 g/mol. The summed E-state index contributed by atoms with van der Waals surface area (Å²) in [7, 11) is 0. The van der Waals surface area contributed by atoms with E-state index in [1.165, 1.54) is 37.0 Å². The van der Waals surface area contributed by atoms with Crippen molar-refractivity contribution in [3.63, 3.8) is 0 Å². The maximum Gasteiger partial charge on any atom is 0.330 e. The Balaban J connectivity index is 1.81. The number of carbonyl (C=O) groups is 4. The van der Waals surface area contributed by atoms with Gasteiger partial charge in [-0.15, -0.1) is 0 Å². The molecule has 2 heterocycles. The summed E-state index contributed by atoms with van der Waals surface area (Å²) >= 11 is 0. The van der Waals surface area contributed by atoms with Gasteiger partial charge in [0.05, 0.1) is 5.41 Å². The number of ketones is 1. The number of likely N-dealkylation sites (tertiary alicyclic amines) is 1. The van der Waals surface area contributed by atoms with E-state index in [2.05, 4.69) is 11.6 Å². The molecule has 1 aliphatic rings. The maximum atomic E-state index is 14.9. The van der Waals surface area contributed by atoms with Crippen molar-refractivity contribution in [3.8, 4) is 5.75 Å². The fraction of sp³-hybridized carbons (Fsp3) is 0.500. The predicted molar refractivity (Wildman–Crippen MR) is 180 cm³/mol. The Hall–Kier alpha value is -4.34. The highest BCUT2D eigenvalue weighted by atomic mass is 19.1. The number of nitrogens with zero attached hydrogens (tertiary/aromatic N) is 2. The van der Waals surface area contributed by atoms with E-state index in [4.69, 9.17) is 14.2 Å². The monoisotopic (exact) mass is 664 g/mol. The normalized spacial score (nSPS) is 15.8. The van der Waals surface area contributed by atoms with Gasteiger partial charge in [0.25, 0.3) is 5.91 Å². The molecule has 0 saturated carbocycles. The molecule has 10 heteroatoms. The van der Waals surface area contributed by atoms with Crippen LogP contribution < -0.4 is 4.74 Å². The van der Waals surface area contributed by atoms with Gasteiger partial charge in [-0.1, -0.05) is 46.4 Å². The lowest BCUT2D eigenvalue weighted by Crippen LogP contribution is -2.53. The summed E-state index contributed by atoms with van der Waals surface area (Å²) in [6.45, 7) is 15.0. The van der Waals surface area contributed by atoms with Gasteiger partial charge in [0, 0.05) is 30.6 Å². The van der Waals surface area contributed by atoms with Gasteiger partial charge in [-0.05, 0) is 93.2 Å². The highest BCUT2D eigenvalue weighted by Gasteiger charge is 2.42. The number of hydrogen-bond acceptors (Lipinski definition) is 8. The van der Waals surface area contributed by atoms with Crippen molar-refractivity contribution in [1.82, 2.24) is 9.88 Å². The summed E-state index contributed by atoms with van der Waals surface area (Å²) in [6.07, 6.45) is 6.02. The maximum absolute atomic E-state index is 14.9. The number of hydrogen-bond donors (Lipinski definition) is 0. The number of amides is 1. The number of benzene rings is 1. The molecule has 1 aliphatic heterocycles. The zero-order valence-electron chi connectivity index (χ0n) is 29.0. The van der Waals surface area contributed by atoms with Crippen LogP contribution in [0, 0.1) is 23.1 Å². The third-order valence-corrected chi connectivity index (χ3v) is 8.19. The first-order valence-electron chi connectivity index (χ1n) is 16.6. The van der Waals surface area contributed by atoms with E-state index in [0.29, 0.717) is 31.2 Å². The van der Waals surface area contributed by atoms with Crippen molar-refractivity contribution in [2.24, 2.45) is 17.3 Å². The molecule has 260 valence electrons. The fourth-order valence-corrected chi connectivity index (χ4v) is 5.01. The van der Waals surface area contributed by atoms with E-state index >= 15 is 0 Å². The second-order valence-corrected chi connectivity index (χ2v) is 13.5. The second-order valence-electron chi connectivity index (χ2n) is 13.5. The van der Waals surface area contributed by atoms with Crippen LogP contribution in [0.4, 0.5) is 4.39 Å². The van der Waals surface area contributed by atoms with Crippen LogP contribution in [0.5, 0.6) is 5.75 Å². The molecule has 1 aromatic carbocycles. The summed E-state index contributed by atoms with van der Waals surface area (Å²) in [5.41, 5.74) is 0.680. The minimum Gasteiger partial charge on any atom is -0.489 e. The van der Waals surface area contributed by atoms with Crippen molar-refractivity contribution < 1.29 is 37.8 Å². The van der Waals surface area contributed by atoms with Gasteiger partial charge >= 0.3 is 11.9 Å². The van der Waals surface area contributed by atoms with Gasteiger partial charge in [-0.3, -0.25) is 14.6 Å². The Morgan fingerprint density at radius 1 is 1.10 bits per heavy atom. The number of piperidine rings is 1. The molecule has 1 saturated heterocycles. The number of aromatic nitrogens is 1. The van der Waals surface area contributed by atoms with Gasteiger partial charge < -0.3 is 19.1 Å². The number of carbonyl (C=O) groups excluding carboxylic acids is 4. The van der Waals surface area contributed by atoms with Crippen molar-refractivity contribution in [2.75, 3.05) is 19.8 Å². The standard InChI is InChI=1S/C38H49FN2O7/c1-25(2)14-17-34(42)47-24-38(6,7)35(43)36(44)41-19-11-9-13-32(41)37(45)48-33(16-15-30-12-8-10-18-40-30)28-20-29(39)22-31(21-28)46-23-27(5)26(3)4/h8,10,12,14,17-18,20-22,25-26,32-33H,5,9,11,13,15-16,19,23-24H2,1-4,6-7H3/b17-14-/t32-,33+/m0/s1. The van der Waals surface area contributed by atoms with Crippen molar-refractivity contribution in [3.05, 3.63) is 84.0 Å². The molecule has 1 fully saturated rings. The molecule has 1 amide bonds. The van der Waals surface area contributed by atoms with Gasteiger partial charge in [0.15, 0.2) is 0 Å². The number of halogens is 1. The minimum absolute atomic E-state index is 0.144. The van der Waals surface area contributed by atoms with Crippen molar-refractivity contribution in [2.45, 2.75) is 85.8 Å². The molecule has 3 rings (SSSR count). The molecule has 48 heavy (non-hydrogen) atoms. The number of rotatable bonds is 16. The number of Topliss-reactive ketones (excluding diaryl/α,β-unsaturated/α-hetero) is 1. The molecule has 0 aliphatic carbocycles. The lowest BCUT2D eigenvalue weighted by molar-refractivity contribution is -0.165. The van der Waals surface area contributed by atoms with Crippen LogP contribution in [0.25, 0.3) is 0 Å². The summed E-state index contributed by atoms with van der Waals surface area (Å²) < 4.78 is 32.0. The van der Waals surface area contributed by atoms with Crippen LogP contribution in [0.2, 0.25) is 0 Å². The minimum atomic E-state index is -1.33. The Labute approximate surface area is 283 Å². The lowest BCUT2D eigenvalue weighted by Gasteiger charge is -2.36. The van der Waals surface area contributed by atoms with E-state index in [1.54, 1.807) is 24.4 Å². The highest BCUT2D eigenvalue weighted by molar-refractivity contribution is 6.38. The Morgan fingerprint density at radius 2 is 1.85 bits per heavy atom. The molecule has 2 aromatic rings. The van der Waals surface area contributed by atoms with E-state index in [-0.39, 0.29) is 43.8 Å². The average Bonchev–Trinajstić information content (AvgIpc) is 3.06. The predicted octanol–water partition coefficient (Wildman–Crippen LogP) is 6.76. The first-order valence-corrected chi connectivity index (χ1v) is 16.6. The van der Waals surface area contributed by atoms with Gasteiger partial charge in [0.1, 0.15) is 36.9 Å². The Kier molecular flexibility index (Phi) is 14.1. The molecule has 9 nitrogen and oxygen atoms in total. The molecule has 2 atom stereocenters. The van der Waals surface area contributed by atoms with Crippen LogP contribution in [-0.2, 0) is 35.1 Å². The summed E-state index contributed by atoms with van der Waals surface area (Å²) in [5.74, 6) is -2.87. The Bertz CT molecular complexity index is 1470. The number of esters is 2. The zero-order chi connectivity index (χ0) is 35.4. The number of allylic oxidation sites excluding steroid dienone is 1. The van der Waals surface area contributed by atoms with Crippen LogP contribution in [-0.4, -0.2) is 59.3 Å². The number of pyridine rings is 1. The van der Waals surface area contributed by atoms with E-state index in [0.717, 1.165) is 11.3 Å². The fourth-order valence-electron chi connectivity index (χ4n) is 5.01. The van der Waals surface area contributed by atoms with E-state index in [9.17, 15) is 23.6 Å². The first-order chi connectivity index (χ1) is 22.7. The van der Waals surface area contributed by atoms with Gasteiger partial charge in [-0.25, -0.2) is 14.0 Å². The number of ether oxygens (including phenoxy) is 3. The molecule has 0 unspecified atom stereocenters. The number of aryl methyl sites for hydroxylation is 1. The van der Waals surface area contributed by atoms with Crippen molar-refractivity contribution in [1.29, 1.82) is 0 Å². The van der Waals surface area contributed by atoms with Crippen molar-refractivity contribution >= 4 is 23.6 Å². The summed E-state index contributed by atoms with van der Waals surface area (Å²) in [5, 5.41) is 0. The topological polar surface area (TPSA) is 112 Å². The van der Waals surface area contributed by atoms with Crippen LogP contribution >= 0.6 is 0 Å². The molecule has 0 spiro atoms. The highest BCUT2D eigenvalue weighted by Crippen LogP contribution is 2.31. The molecular weight excluding hydrogens is 615 g/mol. The smallest absolute Gasteiger partial charge is 0.330 e. The zero-order valence-corrected chi connectivity index (χ0v) is 29.0. The quantitative estimate of drug-likeness (QED) is 0.0838. The van der Waals surface area contributed by atoms with Crippen LogP contribution in [0.3, 0.4) is 0 Å². The van der Waals surface area contributed by atoms with E-state index in [1.807, 2.05) is 39.8 Å². The summed E-state index contributed by atoms with van der Waals surface area (Å²) in [4.78, 5) is 58.6. The van der Waals surface area contributed by atoms with Crippen LogP contribution in [0.1, 0.15) is 84.6 Å². The lowest BCUT2D eigenvalue weighted by atomic mass is 9.87. The van der Waals surface area contributed by atoms with Gasteiger partial charge in [0.2, 0.25) is 5.78 Å². The molecule has 0 N–H and O–H groups in total. The summed E-state index contributed by atoms with van der Waals surface area (Å²) in [6, 6.07) is 8.69. The second kappa shape index (κ2) is 17.7. The molecule has 0 bridgehead atoms. The third-order valence-electron chi connectivity index (χ3n) is 8.19. The molecule has 0 radical (unpaired) electrons. The SMILES string of the molecule is C=C(COc1cc(F)cc([C@@H](CCc2ccccn2)OC(=O)[C@@H]2CCCCN2C(=O)C(=O)C(C)(C)COC(=O)/C=C\C(C)C)c1)C(C)C. The molecule has 1 aromatic heterocycles. The first kappa shape index (κ1) is 38.1. The molecular formula is C38H49FN2O7. The Morgan fingerprint density at radius 3 is 2.52 bits per heavy atom. The third kappa shape index (κ3) is 11.4. The van der Waals surface area contributed by atoms with Crippen LogP contribution in [0.15, 0.2) is 66.9 Å². The largest absolute Gasteiger partial charge is 0.489 e.